The van der Waals surface area contributed by atoms with Gasteiger partial charge in [0, 0.05) is 10.0 Å². The molecule has 2 rings (SSSR count). The summed E-state index contributed by atoms with van der Waals surface area (Å²) in [6.45, 7) is 0. The predicted octanol–water partition coefficient (Wildman–Crippen LogP) is 2.33. The summed E-state index contributed by atoms with van der Waals surface area (Å²) in [6.07, 6.45) is 2.99. The highest BCUT2D eigenvalue weighted by molar-refractivity contribution is 9.10. The summed E-state index contributed by atoms with van der Waals surface area (Å²) in [6, 6.07) is 5.32. The van der Waals surface area contributed by atoms with Crippen LogP contribution in [0.25, 0.3) is 12.2 Å². The smallest absolute Gasteiger partial charge is 0.395 e. The number of H-pyrrole nitrogens is 1. The zero-order valence-electron chi connectivity index (χ0n) is 11.2. The molecular weight excluding hydrogens is 358 g/mol. The van der Waals surface area contributed by atoms with E-state index in [1.165, 1.54) is 13.2 Å². The maximum Gasteiger partial charge on any atom is 0.395 e. The fourth-order valence-corrected chi connectivity index (χ4v) is 2.10. The van der Waals surface area contributed by atoms with Gasteiger partial charge in [0.05, 0.1) is 12.0 Å². The fraction of sp³-hybridized carbons (Fsp3) is 0.0769. The molecule has 0 bridgehead atoms. The van der Waals surface area contributed by atoms with Crippen molar-refractivity contribution in [2.45, 2.75) is 0 Å². The van der Waals surface area contributed by atoms with Crippen molar-refractivity contribution in [2.75, 3.05) is 7.11 Å². The molecule has 9 heteroatoms. The second-order valence-corrected chi connectivity index (χ2v) is 5.02. The Bertz CT molecular complexity index is 816. The molecule has 2 aromatic rings. The monoisotopic (exact) mass is 367 g/mol. The number of benzene rings is 1. The Morgan fingerprint density at radius 1 is 1.45 bits per heavy atom. The van der Waals surface area contributed by atoms with Gasteiger partial charge in [0.2, 0.25) is 0 Å². The molecule has 0 radical (unpaired) electrons. The number of aromatic amines is 1. The largest absolute Gasteiger partial charge is 0.496 e. The van der Waals surface area contributed by atoms with Crippen LogP contribution in [-0.2, 0) is 0 Å². The molecule has 2 N–H and O–H groups in total. The first-order chi connectivity index (χ1) is 10.4. The van der Waals surface area contributed by atoms with Gasteiger partial charge in [-0.05, 0) is 30.4 Å². The number of ether oxygens (including phenoxy) is 1. The predicted molar refractivity (Wildman–Crippen MR) is 82.8 cm³/mol. The van der Waals surface area contributed by atoms with E-state index in [-0.39, 0.29) is 5.82 Å². The van der Waals surface area contributed by atoms with Crippen LogP contribution in [0.2, 0.25) is 0 Å². The van der Waals surface area contributed by atoms with E-state index < -0.39 is 22.0 Å². The molecule has 1 aromatic carbocycles. The Morgan fingerprint density at radius 3 is 2.77 bits per heavy atom. The van der Waals surface area contributed by atoms with Crippen LogP contribution >= 0.6 is 15.9 Å². The van der Waals surface area contributed by atoms with E-state index >= 15 is 0 Å². The average Bonchev–Trinajstić information content (AvgIpc) is 2.44. The number of nitrogens with one attached hydrogen (secondary N) is 1. The average molecular weight is 368 g/mol. The molecule has 1 aromatic heterocycles. The molecule has 0 saturated carbocycles. The minimum absolute atomic E-state index is 0.0184. The molecule has 0 spiro atoms. The van der Waals surface area contributed by atoms with Gasteiger partial charge < -0.3 is 14.8 Å². The number of nitro groups is 1. The number of nitrogens with zero attached hydrogens (tertiary/aromatic N) is 2. The van der Waals surface area contributed by atoms with Crippen molar-refractivity contribution < 1.29 is 14.8 Å². The Kier molecular flexibility index (Phi) is 4.56. The number of aromatic hydroxyl groups is 1. The van der Waals surface area contributed by atoms with Crippen LogP contribution in [0.3, 0.4) is 0 Å². The molecule has 0 aliphatic carbocycles. The van der Waals surface area contributed by atoms with Gasteiger partial charge >= 0.3 is 11.2 Å². The molecule has 8 nitrogen and oxygen atoms in total. The van der Waals surface area contributed by atoms with Crippen LogP contribution in [0.1, 0.15) is 11.4 Å². The van der Waals surface area contributed by atoms with Crippen LogP contribution in [0.5, 0.6) is 11.6 Å². The molecule has 0 fully saturated rings. The Morgan fingerprint density at radius 2 is 2.18 bits per heavy atom. The molecule has 0 aliphatic heterocycles. The molecule has 0 unspecified atom stereocenters. The highest BCUT2D eigenvalue weighted by Crippen LogP contribution is 2.25. The van der Waals surface area contributed by atoms with E-state index in [4.69, 9.17) is 4.74 Å². The standard InChI is InChI=1S/C13H10BrN3O5/c1-22-9-4-3-8(14)6-7(9)2-5-10-15-12(18)11(17(20)21)13(19)16-10/h2-6H,1H3,(H2,15,16,18,19)/b5-2+. The molecule has 114 valence electrons. The van der Waals surface area contributed by atoms with Gasteiger partial charge in [-0.25, -0.2) is 0 Å². The lowest BCUT2D eigenvalue weighted by Gasteiger charge is -2.04. The summed E-state index contributed by atoms with van der Waals surface area (Å²) in [5, 5.41) is 20.0. The first-order valence-corrected chi connectivity index (χ1v) is 6.71. The number of halogens is 1. The van der Waals surface area contributed by atoms with E-state index in [1.54, 1.807) is 24.3 Å². The number of aromatic nitrogens is 2. The number of hydrogen-bond donors (Lipinski definition) is 2. The van der Waals surface area contributed by atoms with Gasteiger partial charge in [-0.15, -0.1) is 0 Å². The Balaban J connectivity index is 2.41. The van der Waals surface area contributed by atoms with Crippen molar-refractivity contribution in [1.29, 1.82) is 0 Å². The lowest BCUT2D eigenvalue weighted by molar-refractivity contribution is -0.387. The summed E-state index contributed by atoms with van der Waals surface area (Å²) in [4.78, 5) is 26.9. The molecule has 1 heterocycles. The molecular formula is C13H10BrN3O5. The third-order valence-corrected chi connectivity index (χ3v) is 3.18. The third-order valence-electron chi connectivity index (χ3n) is 2.69. The van der Waals surface area contributed by atoms with E-state index in [0.29, 0.717) is 11.3 Å². The maximum atomic E-state index is 11.5. The summed E-state index contributed by atoms with van der Waals surface area (Å²) < 4.78 is 6.00. The van der Waals surface area contributed by atoms with Crippen molar-refractivity contribution in [3.05, 3.63) is 54.5 Å². The van der Waals surface area contributed by atoms with Crippen molar-refractivity contribution in [1.82, 2.24) is 9.97 Å². The van der Waals surface area contributed by atoms with Crippen molar-refractivity contribution in [3.8, 4) is 11.6 Å². The summed E-state index contributed by atoms with van der Waals surface area (Å²) in [5.41, 5.74) is -1.33. The fourth-order valence-electron chi connectivity index (χ4n) is 1.72. The van der Waals surface area contributed by atoms with Crippen LogP contribution in [-0.4, -0.2) is 27.1 Å². The Labute approximate surface area is 132 Å². The van der Waals surface area contributed by atoms with Gasteiger partial charge in [-0.3, -0.25) is 14.9 Å². The van der Waals surface area contributed by atoms with E-state index in [9.17, 15) is 20.0 Å². The van der Waals surface area contributed by atoms with Gasteiger partial charge in [-0.1, -0.05) is 15.9 Å². The molecule has 0 aliphatic rings. The normalized spacial score (nSPS) is 10.8. The van der Waals surface area contributed by atoms with Crippen LogP contribution < -0.4 is 10.3 Å². The number of methoxy groups -OCH3 is 1. The zero-order chi connectivity index (χ0) is 16.3. The molecule has 22 heavy (non-hydrogen) atoms. The molecule has 0 saturated heterocycles. The topological polar surface area (TPSA) is 118 Å². The van der Waals surface area contributed by atoms with E-state index in [2.05, 4.69) is 25.9 Å². The van der Waals surface area contributed by atoms with Crippen molar-refractivity contribution in [3.63, 3.8) is 0 Å². The summed E-state index contributed by atoms with van der Waals surface area (Å²) >= 11 is 3.32. The maximum absolute atomic E-state index is 11.5. The lowest BCUT2D eigenvalue weighted by atomic mass is 10.2. The summed E-state index contributed by atoms with van der Waals surface area (Å²) in [5.74, 6) is -0.363. The molecule has 0 amide bonds. The van der Waals surface area contributed by atoms with Crippen LogP contribution in [0.4, 0.5) is 5.69 Å². The lowest BCUT2D eigenvalue weighted by Crippen LogP contribution is -2.14. The van der Waals surface area contributed by atoms with Crippen LogP contribution in [0, 0.1) is 10.1 Å². The van der Waals surface area contributed by atoms with Crippen LogP contribution in [0.15, 0.2) is 27.5 Å². The van der Waals surface area contributed by atoms with Crippen molar-refractivity contribution >= 4 is 33.8 Å². The number of hydrogen-bond acceptors (Lipinski definition) is 6. The van der Waals surface area contributed by atoms with Gasteiger partial charge in [0.1, 0.15) is 11.6 Å². The van der Waals surface area contributed by atoms with E-state index in [0.717, 1.165) is 4.47 Å². The number of rotatable bonds is 4. The minimum atomic E-state index is -1.03. The highest BCUT2D eigenvalue weighted by atomic mass is 79.9. The van der Waals surface area contributed by atoms with Gasteiger partial charge in [0.15, 0.2) is 0 Å². The first-order valence-electron chi connectivity index (χ1n) is 5.91. The third kappa shape index (κ3) is 3.31. The van der Waals surface area contributed by atoms with Gasteiger partial charge in [-0.2, -0.15) is 4.98 Å². The first kappa shape index (κ1) is 15.7. The summed E-state index contributed by atoms with van der Waals surface area (Å²) in [7, 11) is 1.51. The SMILES string of the molecule is COc1ccc(Br)cc1/C=C/c1nc(O)c([N+](=O)[O-])c(=O)[nH]1. The van der Waals surface area contributed by atoms with Gasteiger partial charge in [0.25, 0.3) is 5.88 Å². The second kappa shape index (κ2) is 6.39. The minimum Gasteiger partial charge on any atom is -0.496 e. The second-order valence-electron chi connectivity index (χ2n) is 4.10. The van der Waals surface area contributed by atoms with Crippen molar-refractivity contribution in [2.24, 2.45) is 0 Å². The Hall–Kier alpha value is -2.68. The zero-order valence-corrected chi connectivity index (χ0v) is 12.8. The molecule has 0 atom stereocenters. The van der Waals surface area contributed by atoms with E-state index in [1.807, 2.05) is 0 Å². The highest BCUT2D eigenvalue weighted by Gasteiger charge is 2.21. The quantitative estimate of drug-likeness (QED) is 0.632.